The molecule has 0 fully saturated rings. The fourth-order valence-corrected chi connectivity index (χ4v) is 1.12. The summed E-state index contributed by atoms with van der Waals surface area (Å²) in [6.07, 6.45) is 0.0425. The van der Waals surface area contributed by atoms with Crippen LogP contribution in [0, 0.1) is 16.0 Å². The van der Waals surface area contributed by atoms with Crippen LogP contribution in [0.25, 0.3) is 0 Å². The van der Waals surface area contributed by atoms with Crippen LogP contribution in [-0.4, -0.2) is 11.0 Å². The Labute approximate surface area is 94.4 Å². The second-order valence-corrected chi connectivity index (χ2v) is 4.04. The summed E-state index contributed by atoms with van der Waals surface area (Å²) in [4.78, 5) is 10.0. The molecule has 0 bridgehead atoms. The Kier molecular flexibility index (Phi) is 3.71. The van der Waals surface area contributed by atoms with Gasteiger partial charge in [0, 0.05) is 12.1 Å². The van der Waals surface area contributed by atoms with Gasteiger partial charge in [-0.2, -0.15) is 0 Å². The van der Waals surface area contributed by atoms with Gasteiger partial charge in [-0.05, 0) is 18.9 Å². The zero-order chi connectivity index (χ0) is 12.3. The first-order valence-corrected chi connectivity index (χ1v) is 5.12. The third kappa shape index (κ3) is 2.85. The molecule has 5 heteroatoms. The van der Waals surface area contributed by atoms with Gasteiger partial charge < -0.3 is 10.5 Å². The number of benzene rings is 1. The first-order chi connectivity index (χ1) is 7.41. The third-order valence-electron chi connectivity index (χ3n) is 2.46. The van der Waals surface area contributed by atoms with Gasteiger partial charge in [-0.15, -0.1) is 0 Å². The molecule has 1 atom stereocenters. The van der Waals surface area contributed by atoms with Crippen LogP contribution in [0.1, 0.15) is 20.8 Å². The zero-order valence-electron chi connectivity index (χ0n) is 9.64. The van der Waals surface area contributed by atoms with Crippen molar-refractivity contribution in [1.29, 1.82) is 0 Å². The summed E-state index contributed by atoms with van der Waals surface area (Å²) in [5.41, 5.74) is 5.58. The Balaban J connectivity index is 2.85. The topological polar surface area (TPSA) is 78.4 Å². The van der Waals surface area contributed by atoms with Crippen molar-refractivity contribution in [2.24, 2.45) is 5.92 Å². The number of nitro benzene ring substituents is 1. The van der Waals surface area contributed by atoms with Crippen LogP contribution in [0.2, 0.25) is 0 Å². The molecule has 0 saturated carbocycles. The highest BCUT2D eigenvalue weighted by Gasteiger charge is 2.14. The highest BCUT2D eigenvalue weighted by Crippen LogP contribution is 2.27. The number of nitrogens with two attached hydrogens (primary N) is 1. The summed E-state index contributed by atoms with van der Waals surface area (Å²) in [5, 5.41) is 10.5. The van der Waals surface area contributed by atoms with Crippen molar-refractivity contribution >= 4 is 11.4 Å². The average Bonchev–Trinajstić information content (AvgIpc) is 2.16. The molecule has 0 spiro atoms. The number of nitro groups is 1. The van der Waals surface area contributed by atoms with Gasteiger partial charge in [0.1, 0.15) is 11.4 Å². The summed E-state index contributed by atoms with van der Waals surface area (Å²) in [5.74, 6) is 0.931. The second-order valence-electron chi connectivity index (χ2n) is 4.04. The maximum atomic E-state index is 10.5. The first kappa shape index (κ1) is 12.3. The lowest BCUT2D eigenvalue weighted by atomic mass is 10.1. The van der Waals surface area contributed by atoms with Crippen LogP contribution in [0.5, 0.6) is 5.75 Å². The highest BCUT2D eigenvalue weighted by atomic mass is 16.6. The minimum atomic E-state index is -0.509. The molecule has 1 aromatic carbocycles. The number of nitrogen functional groups attached to an aromatic ring is 1. The van der Waals surface area contributed by atoms with E-state index in [0.29, 0.717) is 11.7 Å². The van der Waals surface area contributed by atoms with Crippen molar-refractivity contribution in [3.63, 3.8) is 0 Å². The standard InChI is InChI=1S/C11H16N2O3/c1-7(2)8(3)16-9-4-5-11(13(14)15)10(12)6-9/h4-8H,12H2,1-3H3. The molecule has 0 aliphatic carbocycles. The Bertz CT molecular complexity index is 391. The quantitative estimate of drug-likeness (QED) is 0.484. The van der Waals surface area contributed by atoms with Crippen molar-refractivity contribution < 1.29 is 9.66 Å². The van der Waals surface area contributed by atoms with E-state index >= 15 is 0 Å². The molecule has 0 aliphatic rings. The number of nitrogens with zero attached hydrogens (tertiary/aromatic N) is 1. The Hall–Kier alpha value is -1.78. The van der Waals surface area contributed by atoms with Crippen molar-refractivity contribution in [2.75, 3.05) is 5.73 Å². The minimum absolute atomic E-state index is 0.0425. The van der Waals surface area contributed by atoms with Gasteiger partial charge in [-0.3, -0.25) is 10.1 Å². The molecule has 2 N–H and O–H groups in total. The molecule has 5 nitrogen and oxygen atoms in total. The first-order valence-electron chi connectivity index (χ1n) is 5.12. The molecular weight excluding hydrogens is 208 g/mol. The summed E-state index contributed by atoms with van der Waals surface area (Å²) in [6, 6.07) is 4.40. The molecule has 0 amide bonds. The van der Waals surface area contributed by atoms with Crippen molar-refractivity contribution in [3.8, 4) is 5.75 Å². The predicted octanol–water partition coefficient (Wildman–Crippen LogP) is 2.60. The molecular formula is C11H16N2O3. The van der Waals surface area contributed by atoms with Gasteiger partial charge >= 0.3 is 0 Å². The number of hydrogen-bond acceptors (Lipinski definition) is 4. The fourth-order valence-electron chi connectivity index (χ4n) is 1.12. The maximum absolute atomic E-state index is 10.5. The zero-order valence-corrected chi connectivity index (χ0v) is 9.64. The summed E-state index contributed by atoms with van der Waals surface area (Å²) >= 11 is 0. The Morgan fingerprint density at radius 2 is 2.00 bits per heavy atom. The van der Waals surface area contributed by atoms with Gasteiger partial charge in [0.15, 0.2) is 0 Å². The van der Waals surface area contributed by atoms with E-state index < -0.39 is 4.92 Å². The predicted molar refractivity (Wildman–Crippen MR) is 62.4 cm³/mol. The minimum Gasteiger partial charge on any atom is -0.490 e. The third-order valence-corrected chi connectivity index (χ3v) is 2.46. The molecule has 1 aromatic rings. The fraction of sp³-hybridized carbons (Fsp3) is 0.455. The Morgan fingerprint density at radius 3 is 2.44 bits per heavy atom. The smallest absolute Gasteiger partial charge is 0.292 e. The molecule has 88 valence electrons. The van der Waals surface area contributed by atoms with E-state index in [0.717, 1.165) is 0 Å². The van der Waals surface area contributed by atoms with E-state index in [1.165, 1.54) is 12.1 Å². The number of ether oxygens (including phenoxy) is 1. The number of hydrogen-bond donors (Lipinski definition) is 1. The van der Waals surface area contributed by atoms with Gasteiger partial charge in [-0.1, -0.05) is 13.8 Å². The van der Waals surface area contributed by atoms with Crippen molar-refractivity contribution in [2.45, 2.75) is 26.9 Å². The number of anilines is 1. The largest absolute Gasteiger partial charge is 0.490 e. The van der Waals surface area contributed by atoms with Crippen LogP contribution >= 0.6 is 0 Å². The van der Waals surface area contributed by atoms with E-state index in [-0.39, 0.29) is 17.5 Å². The summed E-state index contributed by atoms with van der Waals surface area (Å²) < 4.78 is 5.59. The van der Waals surface area contributed by atoms with E-state index in [1.807, 2.05) is 20.8 Å². The molecule has 0 saturated heterocycles. The summed E-state index contributed by atoms with van der Waals surface area (Å²) in [7, 11) is 0. The molecule has 1 unspecified atom stereocenters. The second kappa shape index (κ2) is 4.83. The molecule has 0 aliphatic heterocycles. The van der Waals surface area contributed by atoms with E-state index in [4.69, 9.17) is 10.5 Å². The summed E-state index contributed by atoms with van der Waals surface area (Å²) in [6.45, 7) is 6.03. The molecule has 1 rings (SSSR count). The average molecular weight is 224 g/mol. The SMILES string of the molecule is CC(C)C(C)Oc1ccc([N+](=O)[O-])c(N)c1. The molecule has 0 radical (unpaired) electrons. The molecule has 16 heavy (non-hydrogen) atoms. The van der Waals surface area contributed by atoms with Crippen LogP contribution in [0.3, 0.4) is 0 Å². The van der Waals surface area contributed by atoms with Gasteiger partial charge in [-0.25, -0.2) is 0 Å². The van der Waals surface area contributed by atoms with E-state index in [2.05, 4.69) is 0 Å². The van der Waals surface area contributed by atoms with Crippen LogP contribution in [0.15, 0.2) is 18.2 Å². The lowest BCUT2D eigenvalue weighted by Gasteiger charge is -2.18. The van der Waals surface area contributed by atoms with Gasteiger partial charge in [0.2, 0.25) is 0 Å². The monoisotopic (exact) mass is 224 g/mol. The highest BCUT2D eigenvalue weighted by molar-refractivity contribution is 5.60. The molecule has 0 aromatic heterocycles. The van der Waals surface area contributed by atoms with Crippen molar-refractivity contribution in [3.05, 3.63) is 28.3 Å². The Morgan fingerprint density at radius 1 is 1.38 bits per heavy atom. The normalized spacial score (nSPS) is 12.5. The lowest BCUT2D eigenvalue weighted by Crippen LogP contribution is -2.18. The van der Waals surface area contributed by atoms with Crippen molar-refractivity contribution in [1.82, 2.24) is 0 Å². The molecule has 0 heterocycles. The van der Waals surface area contributed by atoms with E-state index in [9.17, 15) is 10.1 Å². The van der Waals surface area contributed by atoms with Gasteiger partial charge in [0.25, 0.3) is 5.69 Å². The van der Waals surface area contributed by atoms with Crippen LogP contribution < -0.4 is 10.5 Å². The van der Waals surface area contributed by atoms with Crippen LogP contribution in [0.4, 0.5) is 11.4 Å². The number of rotatable bonds is 4. The maximum Gasteiger partial charge on any atom is 0.292 e. The van der Waals surface area contributed by atoms with Gasteiger partial charge in [0.05, 0.1) is 11.0 Å². The van der Waals surface area contributed by atoms with Crippen LogP contribution in [-0.2, 0) is 0 Å². The van der Waals surface area contributed by atoms with E-state index in [1.54, 1.807) is 6.07 Å². The lowest BCUT2D eigenvalue weighted by molar-refractivity contribution is -0.383.